The molecule has 1 atom stereocenters. The van der Waals surface area contributed by atoms with Crippen LogP contribution in [0.2, 0.25) is 0 Å². The Bertz CT molecular complexity index is 1280. The van der Waals surface area contributed by atoms with Crippen molar-refractivity contribution in [3.63, 3.8) is 0 Å². The Balaban J connectivity index is 1.49. The minimum absolute atomic E-state index is 0.103. The third kappa shape index (κ3) is 3.48. The summed E-state index contributed by atoms with van der Waals surface area (Å²) in [6.07, 6.45) is 1.80. The molecule has 1 amide bonds. The van der Waals surface area contributed by atoms with Gasteiger partial charge in [-0.2, -0.15) is 0 Å². The third-order valence-corrected chi connectivity index (χ3v) is 7.47. The number of piperazine rings is 1. The van der Waals surface area contributed by atoms with Crippen molar-refractivity contribution in [2.75, 3.05) is 24.5 Å². The Morgan fingerprint density at radius 3 is 2.53 bits per heavy atom. The van der Waals surface area contributed by atoms with Gasteiger partial charge in [0.15, 0.2) is 0 Å². The number of anilines is 1. The van der Waals surface area contributed by atoms with E-state index in [9.17, 15) is 4.79 Å². The summed E-state index contributed by atoms with van der Waals surface area (Å²) in [6.45, 7) is 10.7. The molecule has 0 bridgehead atoms. The van der Waals surface area contributed by atoms with Crippen molar-refractivity contribution in [1.29, 1.82) is 0 Å². The van der Waals surface area contributed by atoms with Crippen LogP contribution in [0.5, 0.6) is 0 Å². The summed E-state index contributed by atoms with van der Waals surface area (Å²) >= 11 is 1.50. The van der Waals surface area contributed by atoms with Crippen molar-refractivity contribution in [1.82, 2.24) is 14.5 Å². The lowest BCUT2D eigenvalue weighted by Crippen LogP contribution is -2.53. The summed E-state index contributed by atoms with van der Waals surface area (Å²) < 4.78 is 2.19. The van der Waals surface area contributed by atoms with Crippen molar-refractivity contribution in [3.05, 3.63) is 76.6 Å². The third-order valence-electron chi connectivity index (χ3n) is 6.38. The van der Waals surface area contributed by atoms with Gasteiger partial charge in [-0.1, -0.05) is 12.1 Å². The number of amides is 1. The van der Waals surface area contributed by atoms with Gasteiger partial charge >= 0.3 is 0 Å². The van der Waals surface area contributed by atoms with Crippen LogP contribution in [0.15, 0.2) is 54.7 Å². The molecule has 1 saturated heterocycles. The van der Waals surface area contributed by atoms with Crippen molar-refractivity contribution < 1.29 is 4.79 Å². The molecule has 5 rings (SSSR count). The topological polar surface area (TPSA) is 41.4 Å². The van der Waals surface area contributed by atoms with Crippen LogP contribution in [0, 0.1) is 20.8 Å². The van der Waals surface area contributed by atoms with Crippen LogP contribution in [0.25, 0.3) is 15.9 Å². The van der Waals surface area contributed by atoms with Gasteiger partial charge in [0.25, 0.3) is 5.91 Å². The van der Waals surface area contributed by atoms with Gasteiger partial charge in [0.2, 0.25) is 0 Å². The van der Waals surface area contributed by atoms with Crippen molar-refractivity contribution >= 4 is 33.1 Å². The number of carbonyl (C=O) groups is 1. The highest BCUT2D eigenvalue weighted by Crippen LogP contribution is 2.36. The number of aryl methyl sites for hydroxylation is 3. The van der Waals surface area contributed by atoms with Gasteiger partial charge in [-0.3, -0.25) is 4.79 Å². The predicted octanol–water partition coefficient (Wildman–Crippen LogP) is 5.36. The summed E-state index contributed by atoms with van der Waals surface area (Å²) in [5.74, 6) is 0.103. The lowest BCUT2D eigenvalue weighted by molar-refractivity contribution is 0.0731. The fourth-order valence-electron chi connectivity index (χ4n) is 4.78. The monoisotopic (exact) mass is 444 g/mol. The molecule has 3 aromatic heterocycles. The van der Waals surface area contributed by atoms with E-state index in [1.54, 1.807) is 6.20 Å². The van der Waals surface area contributed by atoms with Crippen LogP contribution >= 0.6 is 11.3 Å². The first-order valence-corrected chi connectivity index (χ1v) is 11.9. The van der Waals surface area contributed by atoms with Gasteiger partial charge in [0.1, 0.15) is 9.71 Å². The molecule has 0 saturated carbocycles. The second kappa shape index (κ2) is 8.10. The molecule has 5 nitrogen and oxygen atoms in total. The van der Waals surface area contributed by atoms with E-state index >= 15 is 0 Å². The molecular formula is C26H28N4OS. The van der Waals surface area contributed by atoms with E-state index < -0.39 is 0 Å². The van der Waals surface area contributed by atoms with Gasteiger partial charge in [-0.15, -0.1) is 11.3 Å². The van der Waals surface area contributed by atoms with Crippen molar-refractivity contribution in [2.45, 2.75) is 33.7 Å². The van der Waals surface area contributed by atoms with Crippen molar-refractivity contribution in [2.24, 2.45) is 0 Å². The zero-order chi connectivity index (χ0) is 22.4. The second-order valence-electron chi connectivity index (χ2n) is 8.72. The molecule has 1 aliphatic heterocycles. The number of pyridine rings is 1. The molecule has 4 aromatic rings. The van der Waals surface area contributed by atoms with E-state index in [2.05, 4.69) is 84.6 Å². The fourth-order valence-corrected chi connectivity index (χ4v) is 5.88. The van der Waals surface area contributed by atoms with Crippen LogP contribution in [0.3, 0.4) is 0 Å². The van der Waals surface area contributed by atoms with E-state index in [0.717, 1.165) is 38.7 Å². The molecule has 0 N–H and O–H groups in total. The Kier molecular flexibility index (Phi) is 5.25. The van der Waals surface area contributed by atoms with E-state index in [0.29, 0.717) is 13.1 Å². The van der Waals surface area contributed by atoms with Crippen LogP contribution in [-0.2, 0) is 0 Å². The molecule has 1 unspecified atom stereocenters. The molecule has 1 aliphatic rings. The molecule has 0 spiro atoms. The van der Waals surface area contributed by atoms with E-state index in [4.69, 9.17) is 0 Å². The largest absolute Gasteiger partial charge is 0.365 e. The molecule has 0 aliphatic carbocycles. The summed E-state index contributed by atoms with van der Waals surface area (Å²) in [5.41, 5.74) is 5.70. The van der Waals surface area contributed by atoms with Crippen LogP contribution in [-0.4, -0.2) is 46.0 Å². The average molecular weight is 445 g/mol. The van der Waals surface area contributed by atoms with Gasteiger partial charge < -0.3 is 14.4 Å². The smallest absolute Gasteiger partial charge is 0.266 e. The maximum Gasteiger partial charge on any atom is 0.266 e. The SMILES string of the molecule is Cc1cccc(N2CCN(C(=O)c3sc4ncccc4c3-n3c(C)ccc3C)CC2C)c1. The van der Waals surface area contributed by atoms with Gasteiger partial charge in [0.05, 0.1) is 5.69 Å². The molecule has 1 fully saturated rings. The number of hydrogen-bond donors (Lipinski definition) is 0. The predicted molar refractivity (Wildman–Crippen MR) is 132 cm³/mol. The Morgan fingerprint density at radius 1 is 1.03 bits per heavy atom. The number of nitrogens with zero attached hydrogens (tertiary/aromatic N) is 4. The van der Waals surface area contributed by atoms with E-state index in [1.165, 1.54) is 22.6 Å². The highest BCUT2D eigenvalue weighted by molar-refractivity contribution is 7.21. The molecule has 164 valence electrons. The summed E-state index contributed by atoms with van der Waals surface area (Å²) in [7, 11) is 0. The highest BCUT2D eigenvalue weighted by atomic mass is 32.1. The minimum Gasteiger partial charge on any atom is -0.365 e. The Labute approximate surface area is 192 Å². The minimum atomic E-state index is 0.103. The zero-order valence-electron chi connectivity index (χ0n) is 19.0. The van der Waals surface area contributed by atoms with Gasteiger partial charge in [0, 0.05) is 54.3 Å². The molecule has 6 heteroatoms. The van der Waals surface area contributed by atoms with Gasteiger partial charge in [-0.05, 0) is 69.7 Å². The summed E-state index contributed by atoms with van der Waals surface area (Å²) in [6, 6.07) is 17.1. The van der Waals surface area contributed by atoms with Crippen LogP contribution in [0.1, 0.15) is 33.5 Å². The molecular weight excluding hydrogens is 416 g/mol. The lowest BCUT2D eigenvalue weighted by Gasteiger charge is -2.41. The molecule has 32 heavy (non-hydrogen) atoms. The van der Waals surface area contributed by atoms with Crippen molar-refractivity contribution in [3.8, 4) is 5.69 Å². The maximum atomic E-state index is 13.8. The second-order valence-corrected chi connectivity index (χ2v) is 9.72. The fraction of sp³-hybridized carbons (Fsp3) is 0.308. The van der Waals surface area contributed by atoms with Crippen LogP contribution < -0.4 is 4.90 Å². The Hall–Kier alpha value is -3.12. The number of thiophene rings is 1. The van der Waals surface area contributed by atoms with E-state index in [-0.39, 0.29) is 11.9 Å². The Morgan fingerprint density at radius 2 is 1.81 bits per heavy atom. The first-order chi connectivity index (χ1) is 15.4. The number of hydrogen-bond acceptors (Lipinski definition) is 4. The summed E-state index contributed by atoms with van der Waals surface area (Å²) in [5, 5.41) is 1.04. The maximum absolute atomic E-state index is 13.8. The first-order valence-electron chi connectivity index (χ1n) is 11.1. The molecule has 0 radical (unpaired) electrons. The standard InChI is InChI=1S/C26H28N4OS/c1-17-7-5-8-21(15-17)29-14-13-28(16-20(29)4)26(31)24-23(30-18(2)10-11-19(30)3)22-9-6-12-27-25(22)32-24/h5-12,15,20H,13-14,16H2,1-4H3. The number of carbonyl (C=O) groups excluding carboxylic acids is 1. The number of rotatable bonds is 3. The number of aromatic nitrogens is 2. The van der Waals surface area contributed by atoms with E-state index in [1.807, 2.05) is 11.0 Å². The quantitative estimate of drug-likeness (QED) is 0.427. The lowest BCUT2D eigenvalue weighted by atomic mass is 10.1. The highest BCUT2D eigenvalue weighted by Gasteiger charge is 2.31. The summed E-state index contributed by atoms with van der Waals surface area (Å²) in [4.78, 5) is 24.5. The normalized spacial score (nSPS) is 16.7. The number of fused-ring (bicyclic) bond motifs is 1. The van der Waals surface area contributed by atoms with Crippen LogP contribution in [0.4, 0.5) is 5.69 Å². The number of benzene rings is 1. The zero-order valence-corrected chi connectivity index (χ0v) is 19.8. The average Bonchev–Trinajstić information content (AvgIpc) is 3.32. The first kappa shape index (κ1) is 20.8. The molecule has 1 aromatic carbocycles. The molecule has 4 heterocycles. The van der Waals surface area contributed by atoms with Gasteiger partial charge in [-0.25, -0.2) is 4.98 Å².